The van der Waals surface area contributed by atoms with Gasteiger partial charge in [-0.1, -0.05) is 36.4 Å². The Bertz CT molecular complexity index is 876. The summed E-state index contributed by atoms with van der Waals surface area (Å²) in [5.74, 6) is -1.21. The van der Waals surface area contributed by atoms with Crippen molar-refractivity contribution in [2.24, 2.45) is 0 Å². The Morgan fingerprint density at radius 3 is 2.44 bits per heavy atom. The summed E-state index contributed by atoms with van der Waals surface area (Å²) in [6.45, 7) is 5.38. The highest BCUT2D eigenvalue weighted by Crippen LogP contribution is 2.27. The summed E-state index contributed by atoms with van der Waals surface area (Å²) in [6, 6.07) is 9.83. The van der Waals surface area contributed by atoms with Gasteiger partial charge in [-0.25, -0.2) is 4.79 Å². The van der Waals surface area contributed by atoms with E-state index >= 15 is 0 Å². The molecule has 0 aliphatic heterocycles. The van der Waals surface area contributed by atoms with Gasteiger partial charge in [0.25, 0.3) is 5.69 Å². The molecule has 0 aliphatic carbocycles. The van der Waals surface area contributed by atoms with Crippen molar-refractivity contribution in [1.29, 1.82) is 0 Å². The number of carbonyl (C=O) groups is 2. The topological polar surface area (TPSA) is 86.5 Å². The van der Waals surface area contributed by atoms with Gasteiger partial charge in [-0.15, -0.1) is 0 Å². The number of nitrogens with zero attached hydrogens (tertiary/aromatic N) is 1. The van der Waals surface area contributed by atoms with Crippen LogP contribution in [-0.4, -0.2) is 23.3 Å². The molecule has 0 saturated carbocycles. The van der Waals surface area contributed by atoms with Gasteiger partial charge in [0.05, 0.1) is 10.5 Å². The minimum atomic E-state index is -0.674. The maximum absolute atomic E-state index is 12.7. The van der Waals surface area contributed by atoms with E-state index in [1.165, 1.54) is 24.3 Å². The van der Waals surface area contributed by atoms with Crippen LogP contribution in [0.1, 0.15) is 33.2 Å². The first-order valence-electron chi connectivity index (χ1n) is 7.20. The molecule has 128 valence electrons. The molecule has 0 aliphatic rings. The molecule has 0 aromatic heterocycles. The highest BCUT2D eigenvalue weighted by atomic mass is 35.5. The van der Waals surface area contributed by atoms with E-state index in [0.717, 1.165) is 6.07 Å². The normalized spacial score (nSPS) is 10.2. The quantitative estimate of drug-likeness (QED) is 0.253. The number of hydrogen-bond donors (Lipinski definition) is 0. The fourth-order valence-corrected chi connectivity index (χ4v) is 2.26. The van der Waals surface area contributed by atoms with Crippen molar-refractivity contribution in [3.05, 3.63) is 86.4 Å². The molecule has 2 rings (SSSR count). The van der Waals surface area contributed by atoms with Crippen molar-refractivity contribution < 1.29 is 19.2 Å². The number of carbonyl (C=O) groups excluding carboxylic acids is 2. The molecule has 25 heavy (non-hydrogen) atoms. The van der Waals surface area contributed by atoms with Crippen LogP contribution in [0.4, 0.5) is 5.69 Å². The molecule has 0 heterocycles. The summed E-state index contributed by atoms with van der Waals surface area (Å²) in [5, 5.41) is 10.9. The zero-order valence-corrected chi connectivity index (χ0v) is 14.1. The predicted molar refractivity (Wildman–Crippen MR) is 93.1 cm³/mol. The molecule has 7 heteroatoms. The van der Waals surface area contributed by atoms with Crippen molar-refractivity contribution in [3.8, 4) is 0 Å². The second kappa shape index (κ2) is 7.72. The van der Waals surface area contributed by atoms with Crippen molar-refractivity contribution in [3.63, 3.8) is 0 Å². The van der Waals surface area contributed by atoms with Crippen LogP contribution in [0.15, 0.2) is 54.6 Å². The van der Waals surface area contributed by atoms with E-state index < -0.39 is 16.7 Å². The van der Waals surface area contributed by atoms with Gasteiger partial charge in [0.2, 0.25) is 0 Å². The van der Waals surface area contributed by atoms with E-state index in [9.17, 15) is 19.7 Å². The first-order chi connectivity index (χ1) is 11.8. The average molecular weight is 360 g/mol. The fourth-order valence-electron chi connectivity index (χ4n) is 2.07. The molecule has 6 nitrogen and oxygen atoms in total. The van der Waals surface area contributed by atoms with E-state index in [1.807, 2.05) is 0 Å². The molecule has 2 aromatic carbocycles. The molecule has 2 aromatic rings. The maximum Gasteiger partial charge on any atom is 0.339 e. The van der Waals surface area contributed by atoms with E-state index in [4.69, 9.17) is 16.3 Å². The van der Waals surface area contributed by atoms with Crippen molar-refractivity contribution in [1.82, 2.24) is 0 Å². The van der Waals surface area contributed by atoms with Gasteiger partial charge in [-0.3, -0.25) is 14.9 Å². The Morgan fingerprint density at radius 2 is 1.84 bits per heavy atom. The Hall–Kier alpha value is -2.99. The number of esters is 1. The highest BCUT2D eigenvalue weighted by Gasteiger charge is 2.22. The third kappa shape index (κ3) is 4.30. The lowest BCUT2D eigenvalue weighted by Crippen LogP contribution is -2.13. The molecule has 0 saturated heterocycles. The molecule has 0 atom stereocenters. The first-order valence-corrected chi connectivity index (χ1v) is 7.58. The predicted octanol–water partition coefficient (Wildman–Crippen LogP) is 4.21. The molecule has 0 N–H and O–H groups in total. The number of ether oxygens (including phenoxy) is 1. The summed E-state index contributed by atoms with van der Waals surface area (Å²) in [5.41, 5.74) is 0.494. The summed E-state index contributed by atoms with van der Waals surface area (Å²) in [6.07, 6.45) is 0. The second-order valence-electron chi connectivity index (χ2n) is 5.33. The summed E-state index contributed by atoms with van der Waals surface area (Å²) >= 11 is 5.76. The lowest BCUT2D eigenvalue weighted by atomic mass is 9.98. The molecule has 0 fully saturated rings. The maximum atomic E-state index is 12.7. The summed E-state index contributed by atoms with van der Waals surface area (Å²) in [7, 11) is 0. The number of benzene rings is 2. The Kier molecular flexibility index (Phi) is 5.67. The van der Waals surface area contributed by atoms with Gasteiger partial charge >= 0.3 is 5.97 Å². The largest absolute Gasteiger partial charge is 0.458 e. The molecule has 0 amide bonds. The van der Waals surface area contributed by atoms with Gasteiger partial charge in [0.15, 0.2) is 5.78 Å². The van der Waals surface area contributed by atoms with Crippen LogP contribution in [0.3, 0.4) is 0 Å². The third-order valence-corrected chi connectivity index (χ3v) is 3.57. The number of halogens is 1. The van der Waals surface area contributed by atoms with Crippen LogP contribution in [0, 0.1) is 10.1 Å². The van der Waals surface area contributed by atoms with Gasteiger partial charge in [-0.2, -0.15) is 0 Å². The van der Waals surface area contributed by atoms with E-state index in [-0.39, 0.29) is 34.0 Å². The molecular weight excluding hydrogens is 346 g/mol. The Balaban J connectivity index is 2.41. The number of hydrogen-bond acceptors (Lipinski definition) is 5. The number of nitro benzene ring substituents is 1. The molecule has 0 spiro atoms. The zero-order valence-electron chi connectivity index (χ0n) is 13.3. The Labute approximate surface area is 148 Å². The SMILES string of the molecule is C=C(C)COC(=O)c1ccccc1C(=O)c1ccc(Cl)c([N+](=O)[O-])c1. The smallest absolute Gasteiger partial charge is 0.339 e. The first kappa shape index (κ1) is 18.4. The van der Waals surface area contributed by atoms with Gasteiger partial charge in [0, 0.05) is 17.2 Å². The van der Waals surface area contributed by atoms with Crippen LogP contribution in [0.5, 0.6) is 0 Å². The Morgan fingerprint density at radius 1 is 1.20 bits per heavy atom. The van der Waals surface area contributed by atoms with Crippen LogP contribution < -0.4 is 0 Å². The number of ketones is 1. The zero-order chi connectivity index (χ0) is 18.6. The third-order valence-electron chi connectivity index (χ3n) is 3.25. The molecular formula is C18H14ClNO5. The minimum Gasteiger partial charge on any atom is -0.458 e. The van der Waals surface area contributed by atoms with Crippen molar-refractivity contribution in [2.45, 2.75) is 6.92 Å². The van der Waals surface area contributed by atoms with Crippen LogP contribution >= 0.6 is 11.6 Å². The fraction of sp³-hybridized carbons (Fsp3) is 0.111. The molecule has 0 bridgehead atoms. The van der Waals surface area contributed by atoms with E-state index in [0.29, 0.717) is 5.57 Å². The monoisotopic (exact) mass is 359 g/mol. The van der Waals surface area contributed by atoms with Crippen LogP contribution in [0.25, 0.3) is 0 Å². The lowest BCUT2D eigenvalue weighted by molar-refractivity contribution is -0.384. The van der Waals surface area contributed by atoms with Crippen molar-refractivity contribution in [2.75, 3.05) is 6.61 Å². The number of rotatable bonds is 6. The highest BCUT2D eigenvalue weighted by molar-refractivity contribution is 6.32. The van der Waals surface area contributed by atoms with Gasteiger partial charge < -0.3 is 4.74 Å². The van der Waals surface area contributed by atoms with Crippen LogP contribution in [-0.2, 0) is 4.74 Å². The minimum absolute atomic E-state index is 0.0355. The average Bonchev–Trinajstić information content (AvgIpc) is 2.59. The standard InChI is InChI=1S/C18H14ClNO5/c1-11(2)10-25-18(22)14-6-4-3-5-13(14)17(21)12-7-8-15(19)16(9-12)20(23)24/h3-9H,1,10H2,2H3. The van der Waals surface area contributed by atoms with Crippen LogP contribution in [0.2, 0.25) is 5.02 Å². The van der Waals surface area contributed by atoms with E-state index in [2.05, 4.69) is 6.58 Å². The van der Waals surface area contributed by atoms with E-state index in [1.54, 1.807) is 19.1 Å². The number of nitro groups is 1. The molecule has 0 unspecified atom stereocenters. The van der Waals surface area contributed by atoms with Crippen molar-refractivity contribution >= 4 is 29.0 Å². The molecule has 0 radical (unpaired) electrons. The lowest BCUT2D eigenvalue weighted by Gasteiger charge is -2.09. The second-order valence-corrected chi connectivity index (χ2v) is 5.74. The summed E-state index contributed by atoms with van der Waals surface area (Å²) < 4.78 is 5.08. The summed E-state index contributed by atoms with van der Waals surface area (Å²) in [4.78, 5) is 35.2. The van der Waals surface area contributed by atoms with Gasteiger partial charge in [-0.05, 0) is 30.7 Å². The van der Waals surface area contributed by atoms with Gasteiger partial charge in [0.1, 0.15) is 11.6 Å².